The largest absolute Gasteiger partial charge is 0.494 e. The summed E-state index contributed by atoms with van der Waals surface area (Å²) in [5, 5.41) is 2.32. The van der Waals surface area contributed by atoms with Crippen LogP contribution < -0.4 is 15.2 Å². The molecule has 0 saturated carbocycles. The van der Waals surface area contributed by atoms with Crippen LogP contribution in [0.2, 0.25) is 0 Å². The van der Waals surface area contributed by atoms with E-state index in [0.717, 1.165) is 31.7 Å². The molecule has 0 radical (unpaired) electrons. The number of likely N-dealkylation sites (tertiary alicyclic amines) is 1. The Morgan fingerprint density at radius 1 is 0.867 bits per heavy atom. The molecule has 1 N–H and O–H groups in total. The van der Waals surface area contributed by atoms with Crippen LogP contribution in [0.4, 0.5) is 5.69 Å². The lowest BCUT2D eigenvalue weighted by Crippen LogP contribution is -2.33. The molecule has 1 aliphatic carbocycles. The highest BCUT2D eigenvalue weighted by atomic mass is 16.5. The van der Waals surface area contributed by atoms with Gasteiger partial charge in [-0.1, -0.05) is 30.3 Å². The molecule has 2 aliphatic heterocycles. The summed E-state index contributed by atoms with van der Waals surface area (Å²) >= 11 is 0. The van der Waals surface area contributed by atoms with Crippen molar-refractivity contribution in [2.24, 2.45) is 0 Å². The average Bonchev–Trinajstić information content (AvgIpc) is 3.46. The molecule has 0 aromatic heterocycles. The molecule has 0 amide bonds. The average molecular weight is 404 g/mol. The standard InChI is InChI=1S/C26H33N3O/c1-2-9-21(10-3-1)26-24-11-4-5-12-25(24)29(27-26)22-13-15-23(16-14-22)30-20-8-19-28-17-6-7-18-28/h1-3,9-10,13-16,26-27H,4-8,11-12,17-20H2. The van der Waals surface area contributed by atoms with Crippen LogP contribution in [0.15, 0.2) is 65.9 Å². The highest BCUT2D eigenvalue weighted by molar-refractivity contribution is 5.57. The Kier molecular flexibility index (Phi) is 6.05. The summed E-state index contributed by atoms with van der Waals surface area (Å²) in [6.07, 6.45) is 8.73. The lowest BCUT2D eigenvalue weighted by Gasteiger charge is -2.25. The summed E-state index contributed by atoms with van der Waals surface area (Å²) in [5.41, 5.74) is 9.37. The number of nitrogens with zero attached hydrogens (tertiary/aromatic N) is 2. The van der Waals surface area contributed by atoms with Crippen molar-refractivity contribution in [3.63, 3.8) is 0 Å². The second kappa shape index (κ2) is 9.23. The summed E-state index contributed by atoms with van der Waals surface area (Å²) in [6, 6.07) is 19.7. The van der Waals surface area contributed by atoms with E-state index < -0.39 is 0 Å². The van der Waals surface area contributed by atoms with E-state index in [0.29, 0.717) is 6.04 Å². The zero-order valence-corrected chi connectivity index (χ0v) is 17.9. The van der Waals surface area contributed by atoms with Crippen LogP contribution in [-0.2, 0) is 0 Å². The van der Waals surface area contributed by atoms with Gasteiger partial charge < -0.3 is 9.64 Å². The second-order valence-electron chi connectivity index (χ2n) is 8.73. The third-order valence-electron chi connectivity index (χ3n) is 6.67. The zero-order chi connectivity index (χ0) is 20.2. The first-order valence-corrected chi connectivity index (χ1v) is 11.7. The zero-order valence-electron chi connectivity index (χ0n) is 17.9. The summed E-state index contributed by atoms with van der Waals surface area (Å²) in [6.45, 7) is 4.48. The molecule has 30 heavy (non-hydrogen) atoms. The minimum atomic E-state index is 0.294. The van der Waals surface area contributed by atoms with Gasteiger partial charge in [0.2, 0.25) is 0 Å². The third kappa shape index (κ3) is 4.26. The molecular weight excluding hydrogens is 370 g/mol. The van der Waals surface area contributed by atoms with Gasteiger partial charge in [-0.2, -0.15) is 0 Å². The van der Waals surface area contributed by atoms with E-state index in [1.54, 1.807) is 5.57 Å². The SMILES string of the molecule is c1ccc(C2NN(c3ccc(OCCCN4CCCC4)cc3)C3=C2CCCC3)cc1. The van der Waals surface area contributed by atoms with E-state index in [1.807, 2.05) is 0 Å². The fourth-order valence-electron chi connectivity index (χ4n) is 5.09. The first kappa shape index (κ1) is 19.7. The molecule has 4 nitrogen and oxygen atoms in total. The Morgan fingerprint density at radius 2 is 1.63 bits per heavy atom. The van der Waals surface area contributed by atoms with E-state index in [9.17, 15) is 0 Å². The van der Waals surface area contributed by atoms with Crippen molar-refractivity contribution in [1.82, 2.24) is 10.3 Å². The predicted molar refractivity (Wildman–Crippen MR) is 123 cm³/mol. The minimum Gasteiger partial charge on any atom is -0.494 e. The summed E-state index contributed by atoms with van der Waals surface area (Å²) < 4.78 is 6.00. The van der Waals surface area contributed by atoms with Gasteiger partial charge in [-0.05, 0) is 93.4 Å². The van der Waals surface area contributed by atoms with Gasteiger partial charge in [-0.25, -0.2) is 5.43 Å². The monoisotopic (exact) mass is 403 g/mol. The van der Waals surface area contributed by atoms with E-state index >= 15 is 0 Å². The first-order chi connectivity index (χ1) is 14.9. The molecule has 5 rings (SSSR count). The van der Waals surface area contributed by atoms with Crippen LogP contribution in [0.3, 0.4) is 0 Å². The maximum Gasteiger partial charge on any atom is 0.119 e. The van der Waals surface area contributed by atoms with Crippen LogP contribution in [-0.4, -0.2) is 31.1 Å². The molecule has 4 heteroatoms. The number of ether oxygens (including phenoxy) is 1. The topological polar surface area (TPSA) is 27.7 Å². The number of hydrogen-bond donors (Lipinski definition) is 1. The highest BCUT2D eigenvalue weighted by Gasteiger charge is 2.33. The molecule has 1 saturated heterocycles. The number of anilines is 1. The van der Waals surface area contributed by atoms with E-state index in [1.165, 1.54) is 62.1 Å². The van der Waals surface area contributed by atoms with Crippen molar-refractivity contribution in [2.45, 2.75) is 51.0 Å². The fraction of sp³-hybridized carbons (Fsp3) is 0.462. The van der Waals surface area contributed by atoms with Gasteiger partial charge in [0.05, 0.1) is 18.3 Å². The number of benzene rings is 2. The van der Waals surface area contributed by atoms with Gasteiger partial charge in [0.1, 0.15) is 5.75 Å². The van der Waals surface area contributed by atoms with Crippen molar-refractivity contribution >= 4 is 5.69 Å². The third-order valence-corrected chi connectivity index (χ3v) is 6.67. The number of hydrazine groups is 1. The Bertz CT molecular complexity index is 856. The van der Waals surface area contributed by atoms with Crippen molar-refractivity contribution in [1.29, 1.82) is 0 Å². The summed E-state index contributed by atoms with van der Waals surface area (Å²) in [4.78, 5) is 2.55. The van der Waals surface area contributed by atoms with E-state index in [4.69, 9.17) is 4.74 Å². The molecule has 1 fully saturated rings. The molecule has 2 aromatic carbocycles. The van der Waals surface area contributed by atoms with Gasteiger partial charge in [-0.3, -0.25) is 5.01 Å². The molecular formula is C26H33N3O. The summed E-state index contributed by atoms with van der Waals surface area (Å²) in [7, 11) is 0. The van der Waals surface area contributed by atoms with E-state index in [-0.39, 0.29) is 0 Å². The second-order valence-corrected chi connectivity index (χ2v) is 8.73. The van der Waals surface area contributed by atoms with Gasteiger partial charge in [0.25, 0.3) is 0 Å². The number of allylic oxidation sites excluding steroid dienone is 1. The molecule has 2 aromatic rings. The lowest BCUT2D eigenvalue weighted by molar-refractivity contribution is 0.263. The first-order valence-electron chi connectivity index (χ1n) is 11.7. The maximum atomic E-state index is 6.00. The van der Waals surface area contributed by atoms with Crippen LogP contribution in [0.5, 0.6) is 5.75 Å². The van der Waals surface area contributed by atoms with Crippen molar-refractivity contribution < 1.29 is 4.74 Å². The number of nitrogens with one attached hydrogen (secondary N) is 1. The molecule has 158 valence electrons. The maximum absolute atomic E-state index is 6.00. The quantitative estimate of drug-likeness (QED) is 0.623. The van der Waals surface area contributed by atoms with Gasteiger partial charge in [0.15, 0.2) is 0 Å². The molecule has 0 bridgehead atoms. The fourth-order valence-corrected chi connectivity index (χ4v) is 5.09. The molecule has 2 heterocycles. The minimum absolute atomic E-state index is 0.294. The molecule has 0 spiro atoms. The Labute approximate surface area is 180 Å². The Balaban J connectivity index is 1.23. The van der Waals surface area contributed by atoms with E-state index in [2.05, 4.69) is 69.9 Å². The van der Waals surface area contributed by atoms with Crippen LogP contribution in [0.1, 0.15) is 56.6 Å². The number of hydrogen-bond acceptors (Lipinski definition) is 4. The number of rotatable bonds is 7. The lowest BCUT2D eigenvalue weighted by atomic mass is 9.89. The van der Waals surface area contributed by atoms with Crippen LogP contribution >= 0.6 is 0 Å². The molecule has 1 atom stereocenters. The Morgan fingerprint density at radius 3 is 2.43 bits per heavy atom. The van der Waals surface area contributed by atoms with Crippen LogP contribution in [0.25, 0.3) is 0 Å². The van der Waals surface area contributed by atoms with Crippen molar-refractivity contribution in [2.75, 3.05) is 31.3 Å². The predicted octanol–water partition coefficient (Wildman–Crippen LogP) is 5.45. The van der Waals surface area contributed by atoms with Crippen LogP contribution in [0, 0.1) is 0 Å². The van der Waals surface area contributed by atoms with Gasteiger partial charge >= 0.3 is 0 Å². The van der Waals surface area contributed by atoms with Gasteiger partial charge in [-0.15, -0.1) is 0 Å². The molecule has 3 aliphatic rings. The van der Waals surface area contributed by atoms with Gasteiger partial charge in [0, 0.05) is 12.2 Å². The highest BCUT2D eigenvalue weighted by Crippen LogP contribution is 2.42. The van der Waals surface area contributed by atoms with Crippen molar-refractivity contribution in [3.8, 4) is 5.75 Å². The van der Waals surface area contributed by atoms with Crippen molar-refractivity contribution in [3.05, 3.63) is 71.4 Å². The normalized spacial score (nSPS) is 21.9. The summed E-state index contributed by atoms with van der Waals surface area (Å²) in [5.74, 6) is 0.969. The smallest absolute Gasteiger partial charge is 0.119 e. The Hall–Kier alpha value is -2.30. The molecule has 1 unspecified atom stereocenters.